The predicted molar refractivity (Wildman–Crippen MR) is 628 cm³/mol. The maximum Gasteiger partial charge on any atom is 0.425 e. The van der Waals surface area contributed by atoms with E-state index in [1.54, 1.807) is 33.9 Å². The fraction of sp³-hybridized carbons (Fsp3) is 0.422. The number of rotatable bonds is 27. The van der Waals surface area contributed by atoms with Crippen LogP contribution < -0.4 is 13.7 Å². The van der Waals surface area contributed by atoms with Crippen LogP contribution in [0.15, 0.2) is 75.6 Å². The zero-order valence-electron chi connectivity index (χ0n) is 70.1. The van der Waals surface area contributed by atoms with Gasteiger partial charge >= 0.3 is 196 Å². The van der Waals surface area contributed by atoms with Crippen molar-refractivity contribution in [3.05, 3.63) is 154 Å². The number of carbonyl (C=O) groups is 2. The van der Waals surface area contributed by atoms with Gasteiger partial charge in [0.1, 0.15) is 34.1 Å². The third-order valence-electron chi connectivity index (χ3n) is 21.6. The summed E-state index contributed by atoms with van der Waals surface area (Å²) >= 11 is 36.6. The number of hydrogen-bond donors (Lipinski definition) is 5. The molecule has 13 rings (SSSR count). The van der Waals surface area contributed by atoms with Crippen molar-refractivity contribution in [1.82, 2.24) is 0 Å². The van der Waals surface area contributed by atoms with Crippen LogP contribution in [0.2, 0.25) is 0 Å². The van der Waals surface area contributed by atoms with E-state index in [1.807, 2.05) is 32.1 Å². The van der Waals surface area contributed by atoms with Crippen molar-refractivity contribution in [2.45, 2.75) is 208 Å². The van der Waals surface area contributed by atoms with E-state index in [-0.39, 0.29) is 44.5 Å². The largest absolute Gasteiger partial charge is 0.481 e. The number of hydrogen-bond acceptors (Lipinski definition) is 16. The van der Waals surface area contributed by atoms with Gasteiger partial charge < -0.3 is 10.2 Å². The molecular formula is C83H89F2I14N6O16S6Se+3. The maximum absolute atomic E-state index is 14.5. The quantitative estimate of drug-likeness (QED) is 0.00797. The second kappa shape index (κ2) is 51.9. The van der Waals surface area contributed by atoms with Crippen LogP contribution in [-0.2, 0) is 86.4 Å². The molecule has 5 N–H and O–H groups in total. The number of aliphatic carboxylic acids is 2. The van der Waals surface area contributed by atoms with Gasteiger partial charge in [-0.15, -0.1) is 12.6 Å². The average Bonchev–Trinajstić information content (AvgIpc) is 1.60. The van der Waals surface area contributed by atoms with Gasteiger partial charge in [0, 0.05) is 131 Å². The number of nitrogens with zero attached hydrogens (tertiary/aromatic N) is 6. The molecule has 3 aromatic heterocycles. The van der Waals surface area contributed by atoms with E-state index in [1.165, 1.54) is 125 Å². The zero-order chi connectivity index (χ0) is 96.1. The van der Waals surface area contributed by atoms with E-state index in [0.29, 0.717) is 57.9 Å². The Hall–Kier alpha value is 2.15. The van der Waals surface area contributed by atoms with Crippen LogP contribution in [0.4, 0.5) is 25.8 Å². The van der Waals surface area contributed by atoms with Gasteiger partial charge in [0.05, 0.1) is 39.3 Å². The van der Waals surface area contributed by atoms with E-state index in [2.05, 4.69) is 415 Å². The Balaban J connectivity index is 0.000000209. The molecule has 0 saturated heterocycles. The summed E-state index contributed by atoms with van der Waals surface area (Å²) < 4.78 is 173. The maximum atomic E-state index is 14.5. The SMILES string of the molecule is CC1=Nc2cc(F)c(I)c(F)c2C1(C)CCCCCC(=O)O.CC1=Nc2cc(I)cc(I)c2C1(C)CCCCS(=O)(=O)O.CC1=Nc2ccc3c(I)cc(I)cc3c2C1(C)C.Cc1[se]c2c(I)c(I)c(I)cc2[n+]1CCCCS(=O)(=O)O.Cc1sc2c(I)c(I)c(I)cc2[n+]1CCCCCC(=O)O.Cc1sc2c(I)c(I)c(I)cc2[n+]1CCCCS(=O)(=O)O.O=S(=O)=O. The molecule has 0 amide bonds. The van der Waals surface area contributed by atoms with Crippen molar-refractivity contribution in [3.63, 3.8) is 0 Å². The monoisotopic (exact) mass is 3510 g/mol. The number of fused-ring (bicyclic) bond motifs is 8. The van der Waals surface area contributed by atoms with Crippen LogP contribution >= 0.6 is 339 Å². The van der Waals surface area contributed by atoms with Gasteiger partial charge in [0.2, 0.25) is 21.0 Å². The molecule has 698 valence electrons. The van der Waals surface area contributed by atoms with Gasteiger partial charge in [0.15, 0.2) is 0 Å². The van der Waals surface area contributed by atoms with Gasteiger partial charge in [-0.2, -0.15) is 26.0 Å². The van der Waals surface area contributed by atoms with Gasteiger partial charge in [-0.3, -0.25) is 33.7 Å². The Morgan fingerprint density at radius 3 is 1.29 bits per heavy atom. The van der Waals surface area contributed by atoms with Crippen LogP contribution in [0.25, 0.3) is 41.0 Å². The summed E-state index contributed by atoms with van der Waals surface area (Å²) in [6.07, 6.45) is 10.5. The fourth-order valence-corrected chi connectivity index (χ4v) is 33.8. The first kappa shape index (κ1) is 117. The minimum absolute atomic E-state index is 0.00153. The summed E-state index contributed by atoms with van der Waals surface area (Å²) in [6.45, 7) is 23.6. The second-order valence-electron chi connectivity index (χ2n) is 30.9. The fourth-order valence-electron chi connectivity index (χ4n) is 14.6. The number of aryl methyl sites for hydroxylation is 6. The van der Waals surface area contributed by atoms with Crippen molar-refractivity contribution in [3.8, 4) is 0 Å². The smallest absolute Gasteiger partial charge is 0.425 e. The predicted octanol–water partition coefficient (Wildman–Crippen LogP) is 25.6. The topological polar surface area (TPSA) is 338 Å². The molecule has 3 aliphatic heterocycles. The number of carboxylic acid groups (broad SMARTS) is 2. The second-order valence-corrected chi connectivity index (χ2v) is 56.8. The number of halogens is 16. The van der Waals surface area contributed by atoms with Crippen LogP contribution in [-0.4, -0.2) is 123 Å². The molecule has 0 radical (unpaired) electrons. The standard InChI is InChI=1S/C16H18F2INO2.C15H13I2N.C14H14I3NO2S.C14H17I2NO3S.C12H12I3NO3S2.C12H12I3NO3SSe.O3S/c1-9-16(2,7-5-3-4-6-12(21)22)13-11(20-9)8-10(17)15(19)14(13)18;1-8-15(2,3)14-11-6-9(16)7-12(17)10(11)4-5-13(14)18-8;1-8-18(6-4-2-3-5-11(19)20)10-7-9(15)12(16)13(17)14(10)21-8;1-9-14(2,5-3-4-6-21(18,19)20)13-11(16)7-10(15)8-12(13)17-9;1-7-16(4-2-3-5-21(17,18)19)9-6-8(13)10(14)11(15)12(9)20-7;1-7-16(4-2-3-5-20(17,18)19)9-6-8(13)10(14)11(15)12(9)21-7;1-4(2)3/h8H,3-7H2,1-2H3,(H,21,22);4-7H,1-3H3;7H,2-6H2,1H3;7-8H,3-6H2,1-2H3,(H,18,19,20);2*6H,2-5H2,1H3;/p+3. The summed E-state index contributed by atoms with van der Waals surface area (Å²) in [5, 5.41) is 22.5. The molecule has 3 aliphatic rings. The van der Waals surface area contributed by atoms with Crippen molar-refractivity contribution < 1.29 is 93.8 Å². The number of carboxylic acids is 2. The normalized spacial score (nSPS) is 15.3. The first-order valence-electron chi connectivity index (χ1n) is 39.1. The minimum Gasteiger partial charge on any atom is -0.481 e. The molecule has 22 nitrogen and oxygen atoms in total. The van der Waals surface area contributed by atoms with E-state index < -0.39 is 70.0 Å². The van der Waals surface area contributed by atoms with E-state index in [9.17, 15) is 43.6 Å². The van der Waals surface area contributed by atoms with Crippen molar-refractivity contribution in [2.75, 3.05) is 17.3 Å². The van der Waals surface area contributed by atoms with Crippen LogP contribution in [0, 0.1) is 82.4 Å². The summed E-state index contributed by atoms with van der Waals surface area (Å²) in [6, 6.07) is 21.1. The summed E-state index contributed by atoms with van der Waals surface area (Å²) in [5.41, 5.74) is 11.8. The molecule has 10 aromatic rings. The van der Waals surface area contributed by atoms with E-state index in [0.717, 1.165) is 100 Å². The molecule has 2 unspecified atom stereocenters. The zero-order valence-corrected chi connectivity index (χ0v) is 107. The molecule has 2 atom stereocenters. The molecular weight excluding hydrogens is 3420 g/mol. The number of aliphatic imine (C=N–C) groups is 3. The van der Waals surface area contributed by atoms with Gasteiger partial charge in [-0.05, 0) is 361 Å². The Morgan fingerprint density at radius 2 is 0.820 bits per heavy atom. The van der Waals surface area contributed by atoms with Crippen LogP contribution in [0.3, 0.4) is 0 Å². The Morgan fingerprint density at radius 1 is 0.430 bits per heavy atom. The molecule has 6 heterocycles. The number of unbranched alkanes of at least 4 members (excludes halogenated alkanes) is 7. The third kappa shape index (κ3) is 32.3. The molecule has 0 spiro atoms. The molecule has 128 heavy (non-hydrogen) atoms. The third-order valence-corrected chi connectivity index (χ3v) is 49.5. The Labute approximate surface area is 952 Å². The number of thiazole rings is 2. The van der Waals surface area contributed by atoms with Gasteiger partial charge in [0.25, 0.3) is 20.2 Å². The van der Waals surface area contributed by atoms with Gasteiger partial charge in [-0.1, -0.05) is 75.7 Å². The van der Waals surface area contributed by atoms with Crippen LogP contribution in [0.1, 0.15) is 182 Å². The molecule has 0 aliphatic carbocycles. The first-order chi connectivity index (χ1) is 59.4. The van der Waals surface area contributed by atoms with Crippen LogP contribution in [0.5, 0.6) is 0 Å². The van der Waals surface area contributed by atoms with Crippen molar-refractivity contribution in [2.24, 2.45) is 15.0 Å². The minimum atomic E-state index is -3.86. The Kier molecular flexibility index (Phi) is 47.5. The molecule has 0 fully saturated rings. The van der Waals surface area contributed by atoms with Gasteiger partial charge in [-0.25, -0.2) is 8.78 Å². The van der Waals surface area contributed by atoms with Crippen molar-refractivity contribution in [1.29, 1.82) is 0 Å². The molecule has 45 heteroatoms. The van der Waals surface area contributed by atoms with Crippen molar-refractivity contribution >= 4 is 482 Å². The number of benzene rings is 7. The summed E-state index contributed by atoms with van der Waals surface area (Å²) in [7, 11) is -14.7. The summed E-state index contributed by atoms with van der Waals surface area (Å²) in [4.78, 5) is 34.8. The molecule has 7 aromatic carbocycles. The summed E-state index contributed by atoms with van der Waals surface area (Å²) in [5.74, 6) is -3.09. The Bertz CT molecular complexity index is 6370. The first-order valence-corrected chi connectivity index (χ1v) is 63.4. The molecule has 0 saturated carbocycles. The van der Waals surface area contributed by atoms with E-state index in [4.69, 9.17) is 46.5 Å². The molecule has 0 bridgehead atoms. The van der Waals surface area contributed by atoms with E-state index >= 15 is 0 Å². The average molecular weight is 3510 g/mol. The number of aromatic nitrogens is 3.